The first-order chi connectivity index (χ1) is 12.3. The molecule has 0 amide bonds. The second kappa shape index (κ2) is 8.61. The zero-order valence-electron chi connectivity index (χ0n) is 15.7. The predicted octanol–water partition coefficient (Wildman–Crippen LogP) is 5.34. The van der Waals surface area contributed by atoms with Gasteiger partial charge in [-0.2, -0.15) is 0 Å². The Morgan fingerprint density at radius 3 is 2.62 bits per heavy atom. The summed E-state index contributed by atoms with van der Waals surface area (Å²) in [4.78, 5) is 12.1. The number of phenolic OH excluding ortho intramolecular Hbond substituents is 2. The fraction of sp³-hybridized carbons (Fsp3) is 0.381. The van der Waals surface area contributed by atoms with Gasteiger partial charge in [0.05, 0.1) is 11.8 Å². The predicted molar refractivity (Wildman–Crippen MR) is 99.8 cm³/mol. The van der Waals surface area contributed by atoms with Crippen molar-refractivity contribution in [3.8, 4) is 22.8 Å². The minimum Gasteiger partial charge on any atom is -0.508 e. The zero-order valence-corrected chi connectivity index (χ0v) is 15.7. The molecule has 1 heterocycles. The van der Waals surface area contributed by atoms with Crippen LogP contribution in [0.1, 0.15) is 52.2 Å². The molecule has 0 radical (unpaired) electrons. The molecule has 2 aromatic rings. The molecule has 0 aliphatic rings. The normalized spacial score (nSPS) is 12.0. The van der Waals surface area contributed by atoms with Gasteiger partial charge in [-0.3, -0.25) is 4.79 Å². The van der Waals surface area contributed by atoms with E-state index in [0.29, 0.717) is 29.7 Å². The lowest BCUT2D eigenvalue weighted by atomic mass is 10.1. The monoisotopic (exact) mass is 358 g/mol. The average Bonchev–Trinajstić information content (AvgIpc) is 3.02. The molecule has 5 heteroatoms. The topological polar surface area (TPSA) is 79.9 Å². The summed E-state index contributed by atoms with van der Waals surface area (Å²) >= 11 is 0. The highest BCUT2D eigenvalue weighted by Crippen LogP contribution is 2.35. The maximum absolute atomic E-state index is 12.1. The Kier molecular flexibility index (Phi) is 6.50. The van der Waals surface area contributed by atoms with Crippen molar-refractivity contribution < 1.29 is 24.2 Å². The molecule has 26 heavy (non-hydrogen) atoms. The minimum absolute atomic E-state index is 0.00125. The lowest BCUT2D eigenvalue weighted by Crippen LogP contribution is -2.12. The summed E-state index contributed by atoms with van der Waals surface area (Å²) in [6.45, 7) is 7.90. The van der Waals surface area contributed by atoms with E-state index in [-0.39, 0.29) is 23.4 Å². The molecular weight excluding hydrogens is 332 g/mol. The van der Waals surface area contributed by atoms with E-state index >= 15 is 0 Å². The van der Waals surface area contributed by atoms with Gasteiger partial charge in [0.15, 0.2) is 0 Å². The van der Waals surface area contributed by atoms with Crippen LogP contribution in [0, 0.1) is 5.92 Å². The fourth-order valence-electron chi connectivity index (χ4n) is 2.52. The molecular formula is C21H26O5. The number of phenols is 2. The summed E-state index contributed by atoms with van der Waals surface area (Å²) in [5.41, 5.74) is 2.22. The van der Waals surface area contributed by atoms with Gasteiger partial charge >= 0.3 is 5.97 Å². The maximum Gasteiger partial charge on any atom is 0.306 e. The molecule has 1 aromatic heterocycles. The van der Waals surface area contributed by atoms with Gasteiger partial charge in [0.1, 0.15) is 23.4 Å². The SMILES string of the molecule is CC(C)=CC[C@@H](OC(=O)CC(C)C)c1coc(-c2cc(O)ccc2O)c1. The van der Waals surface area contributed by atoms with Crippen molar-refractivity contribution in [2.75, 3.05) is 0 Å². The number of hydrogen-bond donors (Lipinski definition) is 2. The number of carbonyl (C=O) groups excluding carboxylic acids is 1. The highest BCUT2D eigenvalue weighted by Gasteiger charge is 2.20. The van der Waals surface area contributed by atoms with Crippen LogP contribution >= 0.6 is 0 Å². The van der Waals surface area contributed by atoms with Crippen molar-refractivity contribution >= 4 is 5.97 Å². The number of carbonyl (C=O) groups is 1. The smallest absolute Gasteiger partial charge is 0.306 e. The molecule has 0 spiro atoms. The number of hydrogen-bond acceptors (Lipinski definition) is 5. The molecule has 1 atom stereocenters. The summed E-state index contributed by atoms with van der Waals surface area (Å²) < 4.78 is 11.2. The van der Waals surface area contributed by atoms with Crippen LogP contribution in [0.3, 0.4) is 0 Å². The lowest BCUT2D eigenvalue weighted by Gasteiger charge is -2.16. The first kappa shape index (κ1) is 19.6. The van der Waals surface area contributed by atoms with Crippen molar-refractivity contribution in [2.24, 2.45) is 5.92 Å². The van der Waals surface area contributed by atoms with Crippen molar-refractivity contribution in [3.05, 3.63) is 47.7 Å². The third-order valence-corrected chi connectivity index (χ3v) is 3.83. The van der Waals surface area contributed by atoms with Gasteiger partial charge in [-0.15, -0.1) is 0 Å². The summed E-state index contributed by atoms with van der Waals surface area (Å²) in [6, 6.07) is 5.94. The number of allylic oxidation sites excluding steroid dienone is 1. The molecule has 0 unspecified atom stereocenters. The third kappa shape index (κ3) is 5.41. The largest absolute Gasteiger partial charge is 0.508 e. The molecule has 0 bridgehead atoms. The Labute approximate surface area is 153 Å². The van der Waals surface area contributed by atoms with Gasteiger partial charge in [-0.05, 0) is 44.0 Å². The highest BCUT2D eigenvalue weighted by atomic mass is 16.5. The highest BCUT2D eigenvalue weighted by molar-refractivity contribution is 5.70. The van der Waals surface area contributed by atoms with E-state index in [1.807, 2.05) is 33.8 Å². The molecule has 0 saturated carbocycles. The first-order valence-electron chi connectivity index (χ1n) is 8.70. The van der Waals surface area contributed by atoms with Crippen LogP contribution in [0.2, 0.25) is 0 Å². The van der Waals surface area contributed by atoms with Crippen LogP contribution in [0.4, 0.5) is 0 Å². The first-order valence-corrected chi connectivity index (χ1v) is 8.70. The molecule has 5 nitrogen and oxygen atoms in total. The Bertz CT molecular complexity index is 781. The van der Waals surface area contributed by atoms with E-state index in [0.717, 1.165) is 5.57 Å². The van der Waals surface area contributed by atoms with E-state index in [2.05, 4.69) is 0 Å². The van der Waals surface area contributed by atoms with E-state index in [9.17, 15) is 15.0 Å². The number of ether oxygens (including phenoxy) is 1. The number of rotatable bonds is 7. The van der Waals surface area contributed by atoms with E-state index in [1.165, 1.54) is 24.5 Å². The van der Waals surface area contributed by atoms with Gasteiger partial charge in [-0.1, -0.05) is 25.5 Å². The third-order valence-electron chi connectivity index (χ3n) is 3.83. The molecule has 2 N–H and O–H groups in total. The van der Waals surface area contributed by atoms with E-state index in [4.69, 9.17) is 9.15 Å². The summed E-state index contributed by atoms with van der Waals surface area (Å²) in [5.74, 6) is 0.392. The number of aromatic hydroxyl groups is 2. The quantitative estimate of drug-likeness (QED) is 0.396. The summed E-state index contributed by atoms with van der Waals surface area (Å²) in [5, 5.41) is 19.6. The van der Waals surface area contributed by atoms with Crippen molar-refractivity contribution in [2.45, 2.75) is 46.6 Å². The minimum atomic E-state index is -0.465. The Balaban J connectivity index is 2.27. The van der Waals surface area contributed by atoms with Gasteiger partial charge in [0.25, 0.3) is 0 Å². The van der Waals surface area contributed by atoms with Crippen molar-refractivity contribution in [1.29, 1.82) is 0 Å². The van der Waals surface area contributed by atoms with E-state index in [1.54, 1.807) is 6.07 Å². The summed E-state index contributed by atoms with van der Waals surface area (Å²) in [6.07, 6.45) is 3.95. The fourth-order valence-corrected chi connectivity index (χ4v) is 2.52. The Morgan fingerprint density at radius 1 is 1.23 bits per heavy atom. The van der Waals surface area contributed by atoms with Crippen molar-refractivity contribution in [1.82, 2.24) is 0 Å². The molecule has 0 fully saturated rings. The van der Waals surface area contributed by atoms with Gasteiger partial charge < -0.3 is 19.4 Å². The molecule has 0 saturated heterocycles. The van der Waals surface area contributed by atoms with Crippen LogP contribution in [-0.2, 0) is 9.53 Å². The van der Waals surface area contributed by atoms with E-state index < -0.39 is 6.10 Å². The van der Waals surface area contributed by atoms with Gasteiger partial charge in [0.2, 0.25) is 0 Å². The molecule has 0 aliphatic carbocycles. The van der Waals surface area contributed by atoms with Crippen LogP contribution in [0.25, 0.3) is 11.3 Å². The van der Waals surface area contributed by atoms with Crippen molar-refractivity contribution in [3.63, 3.8) is 0 Å². The van der Waals surface area contributed by atoms with Crippen LogP contribution in [0.5, 0.6) is 11.5 Å². The Hall–Kier alpha value is -2.69. The van der Waals surface area contributed by atoms with Crippen LogP contribution in [-0.4, -0.2) is 16.2 Å². The van der Waals surface area contributed by atoms with Gasteiger partial charge in [0, 0.05) is 18.4 Å². The maximum atomic E-state index is 12.1. The number of benzene rings is 1. The van der Waals surface area contributed by atoms with Crippen LogP contribution in [0.15, 0.2) is 46.6 Å². The Morgan fingerprint density at radius 2 is 1.96 bits per heavy atom. The molecule has 140 valence electrons. The number of esters is 1. The standard InChI is InChI=1S/C21H26O5/c1-13(2)5-8-19(26-21(24)9-14(3)4)15-10-20(25-12-15)17-11-16(22)6-7-18(17)23/h5-7,10-12,14,19,22-23H,8-9H2,1-4H3/t19-/m1/s1. The number of furan rings is 1. The second-order valence-electron chi connectivity index (χ2n) is 7.04. The van der Waals surface area contributed by atoms with Crippen LogP contribution < -0.4 is 0 Å². The molecule has 1 aromatic carbocycles. The van der Waals surface area contributed by atoms with Gasteiger partial charge in [-0.25, -0.2) is 0 Å². The zero-order chi connectivity index (χ0) is 19.3. The lowest BCUT2D eigenvalue weighted by molar-refractivity contribution is -0.150. The summed E-state index contributed by atoms with van der Waals surface area (Å²) in [7, 11) is 0. The molecule has 0 aliphatic heterocycles. The molecule has 2 rings (SSSR count). The second-order valence-corrected chi connectivity index (χ2v) is 7.04. The average molecular weight is 358 g/mol.